The van der Waals surface area contributed by atoms with Gasteiger partial charge in [-0.05, 0) is 12.1 Å². The molecule has 1 N–H and O–H groups in total. The molecule has 0 aliphatic heterocycles. The molecule has 1 rings (SSSR count). The van der Waals surface area contributed by atoms with Gasteiger partial charge in [0.2, 0.25) is 0 Å². The van der Waals surface area contributed by atoms with Crippen molar-refractivity contribution < 1.29 is 5.11 Å². The van der Waals surface area contributed by atoms with Gasteiger partial charge in [0.25, 0.3) is 0 Å². The standard InChI is InChI=1S/C6H6O.C2H4Br2/c7-6-4-2-1-3-5-6;3-1-2-4/h1-5,7H;1-2H2. The van der Waals surface area contributed by atoms with Crippen molar-refractivity contribution in [3.05, 3.63) is 30.3 Å². The average molecular weight is 282 g/mol. The molecule has 1 aromatic rings. The molecule has 1 nitrogen and oxygen atoms in total. The molecule has 0 atom stereocenters. The Morgan fingerprint density at radius 1 is 1.00 bits per heavy atom. The van der Waals surface area contributed by atoms with E-state index in [0.717, 1.165) is 10.7 Å². The van der Waals surface area contributed by atoms with Crippen LogP contribution in [0, 0.1) is 0 Å². The van der Waals surface area contributed by atoms with Gasteiger partial charge in [0, 0.05) is 10.7 Å². The van der Waals surface area contributed by atoms with Gasteiger partial charge >= 0.3 is 0 Å². The summed E-state index contributed by atoms with van der Waals surface area (Å²) < 4.78 is 0. The molecule has 0 saturated carbocycles. The molecular weight excluding hydrogens is 272 g/mol. The summed E-state index contributed by atoms with van der Waals surface area (Å²) in [4.78, 5) is 0. The van der Waals surface area contributed by atoms with E-state index in [4.69, 9.17) is 5.11 Å². The lowest BCUT2D eigenvalue weighted by Gasteiger charge is -1.82. The number of halogens is 2. The van der Waals surface area contributed by atoms with E-state index < -0.39 is 0 Å². The topological polar surface area (TPSA) is 20.2 Å². The molecule has 1 aromatic carbocycles. The first-order valence-corrected chi connectivity index (χ1v) is 5.41. The third kappa shape index (κ3) is 7.88. The minimum Gasteiger partial charge on any atom is -0.508 e. The quantitative estimate of drug-likeness (QED) is 0.784. The molecule has 0 bridgehead atoms. The van der Waals surface area contributed by atoms with Crippen LogP contribution in [0.4, 0.5) is 0 Å². The van der Waals surface area contributed by atoms with E-state index in [-0.39, 0.29) is 0 Å². The summed E-state index contributed by atoms with van der Waals surface area (Å²) in [5.74, 6) is 0.322. The minimum absolute atomic E-state index is 0.322. The molecule has 0 saturated heterocycles. The number of rotatable bonds is 1. The zero-order valence-corrected chi connectivity index (χ0v) is 9.18. The Morgan fingerprint density at radius 3 is 1.64 bits per heavy atom. The summed E-state index contributed by atoms with van der Waals surface area (Å²) in [6, 6.07) is 8.71. The van der Waals surface area contributed by atoms with Gasteiger partial charge in [-0.25, -0.2) is 0 Å². The molecule has 0 amide bonds. The van der Waals surface area contributed by atoms with E-state index in [2.05, 4.69) is 31.9 Å². The van der Waals surface area contributed by atoms with Gasteiger partial charge in [-0.15, -0.1) is 0 Å². The summed E-state index contributed by atoms with van der Waals surface area (Å²) in [5.41, 5.74) is 0. The van der Waals surface area contributed by atoms with Crippen LogP contribution >= 0.6 is 31.9 Å². The maximum Gasteiger partial charge on any atom is 0.115 e. The lowest BCUT2D eigenvalue weighted by atomic mass is 10.3. The molecule has 62 valence electrons. The third-order valence-corrected chi connectivity index (χ3v) is 2.68. The van der Waals surface area contributed by atoms with Gasteiger partial charge in [0.15, 0.2) is 0 Å². The highest BCUT2D eigenvalue weighted by Gasteiger charge is 1.74. The van der Waals surface area contributed by atoms with Crippen LogP contribution in [0.5, 0.6) is 5.75 Å². The molecule has 11 heavy (non-hydrogen) atoms. The Morgan fingerprint density at radius 2 is 1.45 bits per heavy atom. The average Bonchev–Trinajstić information content (AvgIpc) is 2.07. The van der Waals surface area contributed by atoms with E-state index in [9.17, 15) is 0 Å². The first-order valence-electron chi connectivity index (χ1n) is 3.17. The Balaban J connectivity index is 0.000000218. The van der Waals surface area contributed by atoms with Crippen LogP contribution in [-0.2, 0) is 0 Å². The van der Waals surface area contributed by atoms with Crippen molar-refractivity contribution in [3.63, 3.8) is 0 Å². The third-order valence-electron chi connectivity index (χ3n) is 0.828. The summed E-state index contributed by atoms with van der Waals surface area (Å²) in [5, 5.41) is 10.7. The number of hydrogen-bond acceptors (Lipinski definition) is 1. The summed E-state index contributed by atoms with van der Waals surface area (Å²) in [6.45, 7) is 0. The van der Waals surface area contributed by atoms with Crippen LogP contribution in [0.2, 0.25) is 0 Å². The van der Waals surface area contributed by atoms with Gasteiger partial charge in [-0.1, -0.05) is 50.1 Å². The molecule has 0 aliphatic carbocycles. The second kappa shape index (κ2) is 8.08. The summed E-state index contributed by atoms with van der Waals surface area (Å²) >= 11 is 6.40. The van der Waals surface area contributed by atoms with Crippen molar-refractivity contribution in [2.45, 2.75) is 0 Å². The fourth-order valence-electron chi connectivity index (χ4n) is 0.428. The molecule has 0 radical (unpaired) electrons. The van der Waals surface area contributed by atoms with E-state index in [0.29, 0.717) is 5.75 Å². The Bertz CT molecular complexity index is 163. The van der Waals surface area contributed by atoms with Crippen molar-refractivity contribution in [2.24, 2.45) is 0 Å². The largest absolute Gasteiger partial charge is 0.508 e. The highest BCUT2D eigenvalue weighted by Crippen LogP contribution is 2.02. The fourth-order valence-corrected chi connectivity index (χ4v) is 0.428. The number of benzene rings is 1. The normalized spacial score (nSPS) is 8.18. The van der Waals surface area contributed by atoms with Crippen LogP contribution in [-0.4, -0.2) is 15.8 Å². The van der Waals surface area contributed by atoms with E-state index in [1.54, 1.807) is 24.3 Å². The number of hydrogen-bond donors (Lipinski definition) is 1. The van der Waals surface area contributed by atoms with Crippen molar-refractivity contribution >= 4 is 31.9 Å². The molecule has 0 heterocycles. The molecule has 0 fully saturated rings. The van der Waals surface area contributed by atoms with Gasteiger partial charge < -0.3 is 5.11 Å². The predicted molar refractivity (Wildman–Crippen MR) is 55.7 cm³/mol. The second-order valence-corrected chi connectivity index (χ2v) is 3.30. The Hall–Kier alpha value is -0.0200. The zero-order valence-electron chi connectivity index (χ0n) is 6.00. The second-order valence-electron chi connectivity index (χ2n) is 1.71. The highest BCUT2D eigenvalue weighted by molar-refractivity contribution is 9.11. The number of para-hydroxylation sites is 1. The summed E-state index contributed by atoms with van der Waals surface area (Å²) in [6.07, 6.45) is 0. The SMILES string of the molecule is BrCCBr.Oc1ccccc1. The molecule has 0 aromatic heterocycles. The van der Waals surface area contributed by atoms with Crippen molar-refractivity contribution in [1.29, 1.82) is 0 Å². The van der Waals surface area contributed by atoms with E-state index in [1.165, 1.54) is 0 Å². The molecule has 0 spiro atoms. The maximum atomic E-state index is 8.63. The summed E-state index contributed by atoms with van der Waals surface area (Å²) in [7, 11) is 0. The van der Waals surface area contributed by atoms with Gasteiger partial charge in [-0.3, -0.25) is 0 Å². The van der Waals surface area contributed by atoms with Gasteiger partial charge in [0.1, 0.15) is 5.75 Å². The fraction of sp³-hybridized carbons (Fsp3) is 0.250. The van der Waals surface area contributed by atoms with E-state index in [1.807, 2.05) is 6.07 Å². The van der Waals surface area contributed by atoms with Crippen LogP contribution in [0.25, 0.3) is 0 Å². The molecule has 3 heteroatoms. The number of phenolic OH excluding ortho intramolecular Hbond substituents is 1. The minimum atomic E-state index is 0.322. The molecular formula is C8H10Br2O. The lowest BCUT2D eigenvalue weighted by molar-refractivity contribution is 0.475. The van der Waals surface area contributed by atoms with Crippen molar-refractivity contribution in [2.75, 3.05) is 10.7 Å². The lowest BCUT2D eigenvalue weighted by Crippen LogP contribution is -1.61. The van der Waals surface area contributed by atoms with Crippen molar-refractivity contribution in [3.8, 4) is 5.75 Å². The van der Waals surface area contributed by atoms with Crippen molar-refractivity contribution in [1.82, 2.24) is 0 Å². The number of phenols is 1. The van der Waals surface area contributed by atoms with Crippen LogP contribution in [0.1, 0.15) is 0 Å². The maximum absolute atomic E-state index is 8.63. The van der Waals surface area contributed by atoms with Crippen LogP contribution in [0.3, 0.4) is 0 Å². The van der Waals surface area contributed by atoms with Crippen LogP contribution < -0.4 is 0 Å². The van der Waals surface area contributed by atoms with Gasteiger partial charge in [-0.2, -0.15) is 0 Å². The molecule has 0 unspecified atom stereocenters. The molecule has 0 aliphatic rings. The monoisotopic (exact) mass is 280 g/mol. The van der Waals surface area contributed by atoms with E-state index >= 15 is 0 Å². The van der Waals surface area contributed by atoms with Gasteiger partial charge in [0.05, 0.1) is 0 Å². The first kappa shape index (κ1) is 11.0. The number of alkyl halides is 2. The predicted octanol–water partition coefficient (Wildman–Crippen LogP) is 3.17. The Labute approximate surface area is 83.7 Å². The smallest absolute Gasteiger partial charge is 0.115 e. The van der Waals surface area contributed by atoms with Crippen LogP contribution in [0.15, 0.2) is 30.3 Å². The zero-order chi connectivity index (χ0) is 8.53. The Kier molecular flexibility index (Phi) is 8.07. The number of aromatic hydroxyl groups is 1. The highest BCUT2D eigenvalue weighted by atomic mass is 79.9. The first-order chi connectivity index (χ1) is 5.31.